The van der Waals surface area contributed by atoms with E-state index in [1.807, 2.05) is 4.57 Å². The van der Waals surface area contributed by atoms with E-state index in [1.165, 1.54) is 6.07 Å². The van der Waals surface area contributed by atoms with Crippen molar-refractivity contribution in [3.8, 4) is 0 Å². The van der Waals surface area contributed by atoms with Crippen LogP contribution in [-0.2, 0) is 10.6 Å². The standard InChI is InChI=1S/C13H15BrClFN2O/c1-8(3-4-19-2)18-12-5-9(14)10(16)6-11(12)17-13(18)7-15/h5-6,8H,3-4,7H2,1-2H3. The van der Waals surface area contributed by atoms with E-state index in [0.29, 0.717) is 22.5 Å². The van der Waals surface area contributed by atoms with Gasteiger partial charge in [-0.15, -0.1) is 11.6 Å². The molecule has 1 atom stereocenters. The van der Waals surface area contributed by atoms with Gasteiger partial charge in [-0.25, -0.2) is 9.37 Å². The fraction of sp³-hybridized carbons (Fsp3) is 0.462. The molecule has 2 aromatic rings. The zero-order valence-electron chi connectivity index (χ0n) is 10.8. The number of ether oxygens (including phenoxy) is 1. The molecule has 0 N–H and O–H groups in total. The number of hydrogen-bond donors (Lipinski definition) is 0. The van der Waals surface area contributed by atoms with Crippen LogP contribution in [0.1, 0.15) is 25.2 Å². The summed E-state index contributed by atoms with van der Waals surface area (Å²) in [4.78, 5) is 4.39. The molecule has 0 amide bonds. The fourth-order valence-corrected chi connectivity index (χ4v) is 2.66. The maximum atomic E-state index is 13.5. The molecule has 1 aromatic carbocycles. The van der Waals surface area contributed by atoms with Gasteiger partial charge in [0.1, 0.15) is 11.6 Å². The molecule has 0 saturated carbocycles. The van der Waals surface area contributed by atoms with Crippen LogP contribution in [0.15, 0.2) is 16.6 Å². The average molecular weight is 350 g/mol. The van der Waals surface area contributed by atoms with Crippen molar-refractivity contribution in [3.05, 3.63) is 28.2 Å². The minimum atomic E-state index is -0.317. The number of alkyl halides is 1. The molecule has 0 aliphatic rings. The molecule has 19 heavy (non-hydrogen) atoms. The Morgan fingerprint density at radius 2 is 2.26 bits per heavy atom. The summed E-state index contributed by atoms with van der Waals surface area (Å²) >= 11 is 9.15. The normalized spacial score (nSPS) is 13.1. The van der Waals surface area contributed by atoms with Gasteiger partial charge >= 0.3 is 0 Å². The number of methoxy groups -OCH3 is 1. The zero-order valence-corrected chi connectivity index (χ0v) is 13.1. The van der Waals surface area contributed by atoms with E-state index in [0.717, 1.165) is 17.8 Å². The lowest BCUT2D eigenvalue weighted by Gasteiger charge is -2.16. The highest BCUT2D eigenvalue weighted by Gasteiger charge is 2.17. The van der Waals surface area contributed by atoms with Gasteiger partial charge in [0.05, 0.1) is 21.4 Å². The Bertz CT molecular complexity index is 588. The van der Waals surface area contributed by atoms with E-state index in [9.17, 15) is 4.39 Å². The van der Waals surface area contributed by atoms with Gasteiger partial charge in [0.15, 0.2) is 0 Å². The molecule has 0 bridgehead atoms. The molecule has 0 radical (unpaired) electrons. The first-order valence-corrected chi connectivity index (χ1v) is 7.32. The molecule has 2 rings (SSSR count). The first kappa shape index (κ1) is 14.8. The summed E-state index contributed by atoms with van der Waals surface area (Å²) in [5.41, 5.74) is 1.51. The van der Waals surface area contributed by atoms with Crippen molar-refractivity contribution < 1.29 is 9.13 Å². The maximum absolute atomic E-state index is 13.5. The van der Waals surface area contributed by atoms with Crippen LogP contribution in [0.3, 0.4) is 0 Å². The van der Waals surface area contributed by atoms with Crippen LogP contribution < -0.4 is 0 Å². The van der Waals surface area contributed by atoms with Gasteiger partial charge in [-0.2, -0.15) is 0 Å². The van der Waals surface area contributed by atoms with Gasteiger partial charge in [-0.3, -0.25) is 0 Å². The lowest BCUT2D eigenvalue weighted by molar-refractivity contribution is 0.181. The molecule has 0 aliphatic carbocycles. The van der Waals surface area contributed by atoms with E-state index >= 15 is 0 Å². The van der Waals surface area contributed by atoms with Crippen molar-refractivity contribution in [2.45, 2.75) is 25.3 Å². The lowest BCUT2D eigenvalue weighted by atomic mass is 10.2. The second-order valence-corrected chi connectivity index (χ2v) is 5.54. The van der Waals surface area contributed by atoms with Gasteiger partial charge in [0.2, 0.25) is 0 Å². The maximum Gasteiger partial charge on any atom is 0.139 e. The fourth-order valence-electron chi connectivity index (χ4n) is 2.14. The van der Waals surface area contributed by atoms with Crippen LogP contribution in [0.5, 0.6) is 0 Å². The molecular weight excluding hydrogens is 335 g/mol. The number of aromatic nitrogens is 2. The summed E-state index contributed by atoms with van der Waals surface area (Å²) in [6.07, 6.45) is 0.848. The molecule has 0 spiro atoms. The molecule has 1 aromatic heterocycles. The molecule has 1 unspecified atom stereocenters. The number of halogens is 3. The van der Waals surface area contributed by atoms with Crippen molar-refractivity contribution >= 4 is 38.6 Å². The Labute approximate surface area is 124 Å². The number of benzene rings is 1. The summed E-state index contributed by atoms with van der Waals surface area (Å²) in [7, 11) is 1.67. The summed E-state index contributed by atoms with van der Waals surface area (Å²) < 4.78 is 21.1. The average Bonchev–Trinajstić information content (AvgIpc) is 2.74. The number of nitrogens with zero attached hydrogens (tertiary/aromatic N) is 2. The Kier molecular flexibility index (Phi) is 4.81. The van der Waals surface area contributed by atoms with E-state index in [1.54, 1.807) is 13.2 Å². The second kappa shape index (κ2) is 6.20. The summed E-state index contributed by atoms with van der Waals surface area (Å²) in [5, 5.41) is 0. The highest BCUT2D eigenvalue weighted by molar-refractivity contribution is 9.10. The molecular formula is C13H15BrClFN2O. The smallest absolute Gasteiger partial charge is 0.139 e. The Morgan fingerprint density at radius 3 is 2.89 bits per heavy atom. The number of imidazole rings is 1. The Hall–Kier alpha value is -0.650. The largest absolute Gasteiger partial charge is 0.385 e. The highest BCUT2D eigenvalue weighted by atomic mass is 79.9. The van der Waals surface area contributed by atoms with Crippen molar-refractivity contribution in [1.29, 1.82) is 0 Å². The molecule has 3 nitrogen and oxygen atoms in total. The van der Waals surface area contributed by atoms with Gasteiger partial charge in [0.25, 0.3) is 0 Å². The highest BCUT2D eigenvalue weighted by Crippen LogP contribution is 2.28. The second-order valence-electron chi connectivity index (χ2n) is 4.42. The number of rotatable bonds is 5. The number of fused-ring (bicyclic) bond motifs is 1. The van der Waals surface area contributed by atoms with Crippen LogP contribution in [0.4, 0.5) is 4.39 Å². The van der Waals surface area contributed by atoms with Gasteiger partial charge in [-0.1, -0.05) is 0 Å². The first-order chi connectivity index (χ1) is 9.08. The van der Waals surface area contributed by atoms with Crippen molar-refractivity contribution in [1.82, 2.24) is 9.55 Å². The van der Waals surface area contributed by atoms with E-state index in [4.69, 9.17) is 16.3 Å². The molecule has 0 fully saturated rings. The number of hydrogen-bond acceptors (Lipinski definition) is 2. The van der Waals surface area contributed by atoms with Gasteiger partial charge in [0, 0.05) is 25.8 Å². The van der Waals surface area contributed by atoms with Crippen molar-refractivity contribution in [2.75, 3.05) is 13.7 Å². The van der Waals surface area contributed by atoms with Crippen LogP contribution >= 0.6 is 27.5 Å². The third kappa shape index (κ3) is 2.93. The monoisotopic (exact) mass is 348 g/mol. The summed E-state index contributed by atoms with van der Waals surface area (Å²) in [6, 6.07) is 3.36. The molecule has 0 aliphatic heterocycles. The van der Waals surface area contributed by atoms with Crippen LogP contribution in [0.2, 0.25) is 0 Å². The van der Waals surface area contributed by atoms with Crippen molar-refractivity contribution in [3.63, 3.8) is 0 Å². The zero-order chi connectivity index (χ0) is 14.0. The third-order valence-corrected chi connectivity index (χ3v) is 3.95. The van der Waals surface area contributed by atoms with Gasteiger partial charge in [-0.05, 0) is 35.3 Å². The molecule has 0 saturated heterocycles. The topological polar surface area (TPSA) is 27.1 Å². The molecule has 104 valence electrons. The summed E-state index contributed by atoms with van der Waals surface area (Å²) in [6.45, 7) is 2.73. The molecule has 6 heteroatoms. The first-order valence-electron chi connectivity index (χ1n) is 5.99. The summed E-state index contributed by atoms with van der Waals surface area (Å²) in [5.74, 6) is 0.728. The van der Waals surface area contributed by atoms with Crippen molar-refractivity contribution in [2.24, 2.45) is 0 Å². The quantitative estimate of drug-likeness (QED) is 0.754. The third-order valence-electron chi connectivity index (χ3n) is 3.10. The van der Waals surface area contributed by atoms with E-state index < -0.39 is 0 Å². The van der Waals surface area contributed by atoms with Crippen LogP contribution in [0.25, 0.3) is 11.0 Å². The minimum absolute atomic E-state index is 0.191. The predicted molar refractivity (Wildman–Crippen MR) is 78.2 cm³/mol. The Morgan fingerprint density at radius 1 is 1.53 bits per heavy atom. The van der Waals surface area contributed by atoms with E-state index in [2.05, 4.69) is 27.8 Å². The Balaban J connectivity index is 2.53. The van der Waals surface area contributed by atoms with E-state index in [-0.39, 0.29) is 11.9 Å². The SMILES string of the molecule is COCCC(C)n1c(CCl)nc2cc(F)c(Br)cc21. The lowest BCUT2D eigenvalue weighted by Crippen LogP contribution is -2.10. The molecule has 1 heterocycles. The van der Waals surface area contributed by atoms with Crippen LogP contribution in [0, 0.1) is 5.82 Å². The van der Waals surface area contributed by atoms with Crippen LogP contribution in [-0.4, -0.2) is 23.3 Å². The minimum Gasteiger partial charge on any atom is -0.385 e. The predicted octanol–water partition coefficient (Wildman–Crippen LogP) is 4.27. The van der Waals surface area contributed by atoms with Gasteiger partial charge < -0.3 is 9.30 Å².